The highest BCUT2D eigenvalue weighted by Gasteiger charge is 2.35. The molecule has 226 valence electrons. The average molecular weight is 592 g/mol. The first kappa shape index (κ1) is 29.2. The number of hydrogen-bond acceptors (Lipinski definition) is 5. The van der Waals surface area contributed by atoms with Crippen LogP contribution in [0.15, 0.2) is 67.0 Å². The molecule has 1 fully saturated rings. The average Bonchev–Trinajstić information content (AvgIpc) is 3.48. The van der Waals surface area contributed by atoms with Crippen LogP contribution >= 0.6 is 0 Å². The molecule has 6 rings (SSSR count). The van der Waals surface area contributed by atoms with Crippen molar-refractivity contribution in [3.63, 3.8) is 0 Å². The maximum absolute atomic E-state index is 14.1. The zero-order valence-corrected chi connectivity index (χ0v) is 24.5. The molecule has 4 aromatic rings. The lowest BCUT2D eigenvalue weighted by molar-refractivity contribution is -0.139. The molecule has 0 aliphatic carbocycles. The highest BCUT2D eigenvalue weighted by atomic mass is 19.4. The summed E-state index contributed by atoms with van der Waals surface area (Å²) >= 11 is 0. The van der Waals surface area contributed by atoms with Gasteiger partial charge in [-0.25, -0.2) is 4.52 Å². The minimum absolute atomic E-state index is 0.0857. The van der Waals surface area contributed by atoms with Gasteiger partial charge in [-0.15, -0.1) is 0 Å². The Hall–Kier alpha value is -3.89. The largest absolute Gasteiger partial charge is 0.455 e. The summed E-state index contributed by atoms with van der Waals surface area (Å²) in [6.07, 6.45) is -0.386. The standard InChI is InChI=1S/C33H36F3N5O2/c1-3-38-15-17-39(18-16-38)22-26-7-6-24(19-29(26)33(34,35)36)20-32(42)40-14-11-25-8-9-27(21-28(25)23(40)2)43-31-10-12-37-41-13-4-5-30(31)41/h4-10,12-13,19,21,23H,3,11,14-18,20,22H2,1-2H3/t23-/m0/s1. The molecular weight excluding hydrogens is 555 g/mol. The van der Waals surface area contributed by atoms with Crippen LogP contribution < -0.4 is 4.74 Å². The summed E-state index contributed by atoms with van der Waals surface area (Å²) in [7, 11) is 0. The van der Waals surface area contributed by atoms with Crippen LogP contribution in [0.5, 0.6) is 11.5 Å². The summed E-state index contributed by atoms with van der Waals surface area (Å²) in [5, 5.41) is 4.27. The number of nitrogens with zero attached hydrogens (tertiary/aromatic N) is 5. The van der Waals surface area contributed by atoms with E-state index in [0.717, 1.165) is 49.4 Å². The lowest BCUT2D eigenvalue weighted by atomic mass is 9.92. The summed E-state index contributed by atoms with van der Waals surface area (Å²) < 4.78 is 50.4. The molecule has 0 saturated carbocycles. The molecule has 1 amide bonds. The second-order valence-electron chi connectivity index (χ2n) is 11.4. The predicted molar refractivity (Wildman–Crippen MR) is 158 cm³/mol. The third kappa shape index (κ3) is 6.26. The van der Waals surface area contributed by atoms with E-state index in [-0.39, 0.29) is 30.5 Å². The minimum Gasteiger partial charge on any atom is -0.455 e. The van der Waals surface area contributed by atoms with Gasteiger partial charge in [0.1, 0.15) is 11.3 Å². The van der Waals surface area contributed by atoms with Gasteiger partial charge >= 0.3 is 6.18 Å². The fourth-order valence-electron chi connectivity index (χ4n) is 6.25. The molecule has 0 spiro atoms. The number of ether oxygens (including phenoxy) is 1. The van der Waals surface area contributed by atoms with Crippen LogP contribution in [0, 0.1) is 0 Å². The third-order valence-corrected chi connectivity index (χ3v) is 8.74. The Bertz CT molecular complexity index is 1610. The molecule has 1 atom stereocenters. The normalized spacial score (nSPS) is 18.2. The maximum Gasteiger partial charge on any atom is 0.416 e. The molecule has 0 N–H and O–H groups in total. The number of hydrogen-bond donors (Lipinski definition) is 0. The SMILES string of the molecule is CCN1CCN(Cc2ccc(CC(=O)N3CCc4ccc(Oc5ccnn6cccc56)cc4[C@@H]3C)cc2C(F)(F)F)CC1. The number of likely N-dealkylation sites (N-methyl/N-ethyl adjacent to an activating group) is 1. The van der Waals surface area contributed by atoms with Crippen molar-refractivity contribution in [1.29, 1.82) is 0 Å². The van der Waals surface area contributed by atoms with Crippen LogP contribution in [-0.2, 0) is 30.4 Å². The van der Waals surface area contributed by atoms with Crippen LogP contribution in [0.25, 0.3) is 5.52 Å². The van der Waals surface area contributed by atoms with E-state index in [1.54, 1.807) is 33.8 Å². The molecule has 4 heterocycles. The van der Waals surface area contributed by atoms with Gasteiger partial charge in [0.25, 0.3) is 0 Å². The fraction of sp³-hybridized carbons (Fsp3) is 0.394. The number of benzene rings is 2. The third-order valence-electron chi connectivity index (χ3n) is 8.74. The number of rotatable bonds is 7. The summed E-state index contributed by atoms with van der Waals surface area (Å²) in [4.78, 5) is 19.6. The number of carbonyl (C=O) groups is 1. The van der Waals surface area contributed by atoms with E-state index in [1.807, 2.05) is 43.5 Å². The Balaban J connectivity index is 1.16. The molecule has 1 saturated heterocycles. The monoisotopic (exact) mass is 591 g/mol. The van der Waals surface area contributed by atoms with Gasteiger partial charge < -0.3 is 14.5 Å². The van der Waals surface area contributed by atoms with Gasteiger partial charge in [-0.1, -0.05) is 25.1 Å². The molecule has 7 nitrogen and oxygen atoms in total. The Morgan fingerprint density at radius 1 is 1.00 bits per heavy atom. The fourth-order valence-corrected chi connectivity index (χ4v) is 6.25. The lowest BCUT2D eigenvalue weighted by Crippen LogP contribution is -2.45. The van der Waals surface area contributed by atoms with Gasteiger partial charge in [-0.05, 0) is 72.5 Å². The van der Waals surface area contributed by atoms with Gasteiger partial charge in [-0.3, -0.25) is 9.69 Å². The smallest absolute Gasteiger partial charge is 0.416 e. The van der Waals surface area contributed by atoms with Crippen molar-refractivity contribution in [3.05, 3.63) is 94.8 Å². The zero-order valence-electron chi connectivity index (χ0n) is 24.5. The van der Waals surface area contributed by atoms with E-state index in [0.29, 0.717) is 30.0 Å². The van der Waals surface area contributed by atoms with Crippen LogP contribution in [0.2, 0.25) is 0 Å². The second-order valence-corrected chi connectivity index (χ2v) is 11.4. The molecule has 43 heavy (non-hydrogen) atoms. The summed E-state index contributed by atoms with van der Waals surface area (Å²) in [6, 6.07) is 15.7. The summed E-state index contributed by atoms with van der Waals surface area (Å²) in [5.41, 5.74) is 2.94. The van der Waals surface area contributed by atoms with Crippen LogP contribution in [0.3, 0.4) is 0 Å². The maximum atomic E-state index is 14.1. The van der Waals surface area contributed by atoms with Crippen molar-refractivity contribution in [2.75, 3.05) is 39.3 Å². The molecule has 2 aromatic heterocycles. The van der Waals surface area contributed by atoms with Gasteiger partial charge in [0.2, 0.25) is 5.91 Å². The first-order valence-corrected chi connectivity index (χ1v) is 14.9. The van der Waals surface area contributed by atoms with Gasteiger partial charge in [0, 0.05) is 51.5 Å². The summed E-state index contributed by atoms with van der Waals surface area (Å²) in [5.74, 6) is 1.13. The van der Waals surface area contributed by atoms with Crippen LogP contribution in [0.1, 0.15) is 47.7 Å². The minimum atomic E-state index is -4.49. The zero-order chi connectivity index (χ0) is 30.1. The quantitative estimate of drug-likeness (QED) is 0.265. The molecule has 2 aliphatic heterocycles. The van der Waals surface area contributed by atoms with Crippen molar-refractivity contribution in [2.24, 2.45) is 0 Å². The van der Waals surface area contributed by atoms with Crippen molar-refractivity contribution >= 4 is 11.4 Å². The van der Waals surface area contributed by atoms with Crippen molar-refractivity contribution < 1.29 is 22.7 Å². The molecule has 0 unspecified atom stereocenters. The number of amides is 1. The van der Waals surface area contributed by atoms with E-state index in [2.05, 4.69) is 21.8 Å². The van der Waals surface area contributed by atoms with Gasteiger partial charge in [-0.2, -0.15) is 18.3 Å². The van der Waals surface area contributed by atoms with Gasteiger partial charge in [0.15, 0.2) is 5.75 Å². The Labute approximate surface area is 249 Å². The topological polar surface area (TPSA) is 53.3 Å². The number of halogens is 3. The van der Waals surface area contributed by atoms with Crippen LogP contribution in [-0.4, -0.2) is 69.5 Å². The first-order valence-electron chi connectivity index (χ1n) is 14.9. The van der Waals surface area contributed by atoms with E-state index in [4.69, 9.17) is 4.74 Å². The van der Waals surface area contributed by atoms with Crippen LogP contribution in [0.4, 0.5) is 13.2 Å². The molecule has 2 aromatic carbocycles. The van der Waals surface area contributed by atoms with Crippen molar-refractivity contribution in [1.82, 2.24) is 24.3 Å². The molecular formula is C33H36F3N5O2. The predicted octanol–water partition coefficient (Wildman–Crippen LogP) is 5.97. The highest BCUT2D eigenvalue weighted by Crippen LogP contribution is 2.36. The van der Waals surface area contributed by atoms with Crippen molar-refractivity contribution in [2.45, 2.75) is 45.5 Å². The Kier molecular flexibility index (Phi) is 8.15. The summed E-state index contributed by atoms with van der Waals surface area (Å²) in [6.45, 7) is 8.96. The van der Waals surface area contributed by atoms with E-state index < -0.39 is 11.7 Å². The number of piperazine rings is 1. The molecule has 0 bridgehead atoms. The van der Waals surface area contributed by atoms with Crippen molar-refractivity contribution in [3.8, 4) is 11.5 Å². The van der Waals surface area contributed by atoms with E-state index in [9.17, 15) is 18.0 Å². The Morgan fingerprint density at radius 2 is 1.79 bits per heavy atom. The molecule has 0 radical (unpaired) electrons. The lowest BCUT2D eigenvalue weighted by Gasteiger charge is -2.36. The number of fused-ring (bicyclic) bond motifs is 2. The molecule has 10 heteroatoms. The first-order chi connectivity index (χ1) is 20.7. The van der Waals surface area contributed by atoms with E-state index >= 15 is 0 Å². The number of aromatic nitrogens is 2. The Morgan fingerprint density at radius 3 is 2.56 bits per heavy atom. The highest BCUT2D eigenvalue weighted by molar-refractivity contribution is 5.80. The molecule has 2 aliphatic rings. The van der Waals surface area contributed by atoms with Gasteiger partial charge in [0.05, 0.1) is 24.2 Å². The second kappa shape index (κ2) is 12.0. The number of alkyl halides is 3. The number of carbonyl (C=O) groups excluding carboxylic acids is 1. The van der Waals surface area contributed by atoms with E-state index in [1.165, 1.54) is 6.07 Å².